The van der Waals surface area contributed by atoms with Gasteiger partial charge in [0.05, 0.1) is 12.0 Å². The van der Waals surface area contributed by atoms with Crippen LogP contribution in [-0.4, -0.2) is 46.1 Å². The Balaban J connectivity index is 1.60. The second-order valence-corrected chi connectivity index (χ2v) is 10.4. The molecule has 3 aliphatic heterocycles. The van der Waals surface area contributed by atoms with Crippen LogP contribution in [0.4, 0.5) is 0 Å². The molecule has 3 heterocycles. The van der Waals surface area contributed by atoms with Crippen LogP contribution in [0.25, 0.3) is 0 Å². The first-order valence-electron chi connectivity index (χ1n) is 10.1. The van der Waals surface area contributed by atoms with E-state index in [-0.39, 0.29) is 48.5 Å². The molecule has 2 N–H and O–H groups in total. The zero-order valence-electron chi connectivity index (χ0n) is 15.7. The van der Waals surface area contributed by atoms with Crippen molar-refractivity contribution in [2.75, 3.05) is 6.61 Å². The van der Waals surface area contributed by atoms with E-state index in [2.05, 4.69) is 6.58 Å². The molecular weight excluding hydrogens is 348 g/mol. The minimum Gasteiger partial charge on any atom is -0.456 e. The predicted molar refractivity (Wildman–Crippen MR) is 92.0 cm³/mol. The number of rotatable bonds is 0. The molecule has 6 nitrogen and oxygen atoms in total. The van der Waals surface area contributed by atoms with Crippen LogP contribution in [0.15, 0.2) is 12.2 Å². The number of aliphatic hydroxyl groups is 2. The van der Waals surface area contributed by atoms with Crippen molar-refractivity contribution < 1.29 is 29.3 Å². The zero-order valence-corrected chi connectivity index (χ0v) is 15.7. The van der Waals surface area contributed by atoms with Gasteiger partial charge in [-0.25, -0.2) is 0 Å². The minimum absolute atomic E-state index is 0.0447. The molecule has 0 aromatic rings. The number of esters is 1. The molecule has 0 aromatic carbocycles. The first kappa shape index (κ1) is 16.7. The number of hydrogen-bond donors (Lipinski definition) is 2. The Morgan fingerprint density at radius 1 is 1.22 bits per heavy atom. The number of carbonyl (C=O) groups excluding carboxylic acids is 2. The Morgan fingerprint density at radius 2 is 1.96 bits per heavy atom. The van der Waals surface area contributed by atoms with Gasteiger partial charge in [0.2, 0.25) is 5.79 Å². The van der Waals surface area contributed by atoms with Crippen LogP contribution in [0.3, 0.4) is 0 Å². The maximum Gasteiger partial charge on any atom is 0.306 e. The van der Waals surface area contributed by atoms with E-state index in [0.717, 1.165) is 12.0 Å². The van der Waals surface area contributed by atoms with Gasteiger partial charge in [0.25, 0.3) is 0 Å². The summed E-state index contributed by atoms with van der Waals surface area (Å²) >= 11 is 0. The summed E-state index contributed by atoms with van der Waals surface area (Å²) in [5, 5.41) is 23.1. The van der Waals surface area contributed by atoms with Crippen LogP contribution in [0, 0.1) is 40.4 Å². The van der Waals surface area contributed by atoms with Gasteiger partial charge in [-0.05, 0) is 36.5 Å². The fourth-order valence-corrected chi connectivity index (χ4v) is 8.35. The molecule has 7 rings (SSSR count). The van der Waals surface area contributed by atoms with E-state index in [0.29, 0.717) is 12.8 Å². The monoisotopic (exact) mass is 374 g/mol. The molecule has 7 aliphatic rings. The molecule has 4 aliphatic carbocycles. The Hall–Kier alpha value is -1.24. The first-order valence-corrected chi connectivity index (χ1v) is 10.1. The van der Waals surface area contributed by atoms with Crippen molar-refractivity contribution in [1.82, 2.24) is 0 Å². The number of aliphatic hydroxyl groups excluding tert-OH is 1. The standard InChI is InChI=1S/C21H26O6/c1-9-10-4-5-11-19-8-26-21(25,20(11)14(10)13(9)16(20)23)17(24)15(19)18(2,3)7-6-12(22)27-19/h10-11,13-15,17,24-25H,1,4-8H2,2-3H3/t10-,11-,13+,14?,15+,17-,19-,20?,21-/m0/s1. The molecule has 146 valence electrons. The fourth-order valence-electron chi connectivity index (χ4n) is 8.35. The van der Waals surface area contributed by atoms with Crippen molar-refractivity contribution in [3.05, 3.63) is 12.2 Å². The van der Waals surface area contributed by atoms with Crippen molar-refractivity contribution in [1.29, 1.82) is 0 Å². The Bertz CT molecular complexity index is 817. The van der Waals surface area contributed by atoms with E-state index in [1.165, 1.54) is 0 Å². The Labute approximate surface area is 157 Å². The second kappa shape index (κ2) is 4.34. The van der Waals surface area contributed by atoms with E-state index in [1.807, 2.05) is 13.8 Å². The summed E-state index contributed by atoms with van der Waals surface area (Å²) in [7, 11) is 0. The highest BCUT2D eigenvalue weighted by atomic mass is 16.7. The lowest BCUT2D eigenvalue weighted by atomic mass is 9.25. The molecule has 0 aromatic heterocycles. The fraction of sp³-hybridized carbons (Fsp3) is 0.810. The highest BCUT2D eigenvalue weighted by Gasteiger charge is 2.91. The van der Waals surface area contributed by atoms with E-state index in [9.17, 15) is 19.8 Å². The molecule has 0 amide bonds. The summed E-state index contributed by atoms with van der Waals surface area (Å²) < 4.78 is 12.0. The third-order valence-corrected chi connectivity index (χ3v) is 9.26. The van der Waals surface area contributed by atoms with Gasteiger partial charge in [-0.3, -0.25) is 9.59 Å². The van der Waals surface area contributed by atoms with E-state index in [1.54, 1.807) is 0 Å². The summed E-state index contributed by atoms with van der Waals surface area (Å²) in [6.07, 6.45) is 1.15. The normalized spacial score (nSPS) is 59.5. The van der Waals surface area contributed by atoms with E-state index >= 15 is 0 Å². The second-order valence-electron chi connectivity index (χ2n) is 10.4. The average Bonchev–Trinajstić information content (AvgIpc) is 2.69. The Morgan fingerprint density at radius 3 is 2.70 bits per heavy atom. The molecule has 6 heteroatoms. The van der Waals surface area contributed by atoms with Crippen molar-refractivity contribution in [2.24, 2.45) is 40.4 Å². The van der Waals surface area contributed by atoms with Gasteiger partial charge < -0.3 is 19.7 Å². The zero-order chi connectivity index (χ0) is 19.1. The van der Waals surface area contributed by atoms with Crippen LogP contribution in [0.2, 0.25) is 0 Å². The maximum atomic E-state index is 13.4. The highest BCUT2D eigenvalue weighted by molar-refractivity contribution is 6.01. The predicted octanol–water partition coefficient (Wildman–Crippen LogP) is 1.20. The molecule has 27 heavy (non-hydrogen) atoms. The molecule has 2 spiro atoms. The van der Waals surface area contributed by atoms with Crippen LogP contribution in [0.1, 0.15) is 39.5 Å². The lowest BCUT2D eigenvalue weighted by molar-refractivity contribution is -0.467. The molecule has 2 unspecified atom stereocenters. The third kappa shape index (κ3) is 1.37. The number of Topliss-reactive ketones (excluding diaryl/α,β-unsaturated/α-hetero) is 1. The van der Waals surface area contributed by atoms with Crippen molar-refractivity contribution in [2.45, 2.75) is 57.0 Å². The summed E-state index contributed by atoms with van der Waals surface area (Å²) in [5.41, 5.74) is -1.68. The molecule has 0 radical (unpaired) electrons. The quantitative estimate of drug-likeness (QED) is 0.489. The molecule has 2 bridgehead atoms. The smallest absolute Gasteiger partial charge is 0.306 e. The maximum absolute atomic E-state index is 13.4. The van der Waals surface area contributed by atoms with Gasteiger partial charge >= 0.3 is 5.97 Å². The Kier molecular flexibility index (Phi) is 2.68. The number of carbonyl (C=O) groups is 2. The number of allylic oxidation sites excluding steroid dienone is 1. The van der Waals surface area contributed by atoms with Gasteiger partial charge in [0.15, 0.2) is 5.78 Å². The largest absolute Gasteiger partial charge is 0.456 e. The summed E-state index contributed by atoms with van der Waals surface area (Å²) in [5.74, 6) is -3.15. The summed E-state index contributed by atoms with van der Waals surface area (Å²) in [4.78, 5) is 25.9. The van der Waals surface area contributed by atoms with Gasteiger partial charge in [-0.15, -0.1) is 0 Å². The van der Waals surface area contributed by atoms with Gasteiger partial charge in [0.1, 0.15) is 11.7 Å². The van der Waals surface area contributed by atoms with Gasteiger partial charge in [0, 0.05) is 24.2 Å². The van der Waals surface area contributed by atoms with Crippen LogP contribution in [-0.2, 0) is 19.1 Å². The van der Waals surface area contributed by atoms with E-state index in [4.69, 9.17) is 9.47 Å². The topological polar surface area (TPSA) is 93.1 Å². The number of hydrogen-bond acceptors (Lipinski definition) is 6. The third-order valence-electron chi connectivity index (χ3n) is 9.26. The van der Waals surface area contributed by atoms with Gasteiger partial charge in [-0.2, -0.15) is 0 Å². The summed E-state index contributed by atoms with van der Waals surface area (Å²) in [6.45, 7) is 8.17. The van der Waals surface area contributed by atoms with Crippen LogP contribution < -0.4 is 0 Å². The van der Waals surface area contributed by atoms with Crippen LogP contribution >= 0.6 is 0 Å². The summed E-state index contributed by atoms with van der Waals surface area (Å²) in [6, 6.07) is 0. The van der Waals surface area contributed by atoms with Gasteiger partial charge in [-0.1, -0.05) is 26.0 Å². The first-order chi connectivity index (χ1) is 12.6. The van der Waals surface area contributed by atoms with Crippen molar-refractivity contribution in [3.8, 4) is 0 Å². The molecule has 3 saturated heterocycles. The lowest BCUT2D eigenvalue weighted by Gasteiger charge is -2.80. The number of fused-ring (bicyclic) bond motifs is 1. The van der Waals surface area contributed by atoms with Crippen molar-refractivity contribution >= 4 is 11.8 Å². The van der Waals surface area contributed by atoms with Crippen molar-refractivity contribution in [3.63, 3.8) is 0 Å². The number of ketones is 1. The average molecular weight is 374 g/mol. The molecule has 7 fully saturated rings. The highest BCUT2D eigenvalue weighted by Crippen LogP contribution is 2.81. The SMILES string of the molecule is C=C1[C@H]2C(=O)C34C2[C@H]1CC[C@H]3[C@@]12CO[C@@]4(O)[C@@H](O)[C@@H]1C(C)(C)CCC(=O)O2. The van der Waals surface area contributed by atoms with E-state index < -0.39 is 34.2 Å². The molecule has 4 saturated carbocycles. The molecular formula is C21H26O6. The minimum atomic E-state index is -1.91. The molecule has 9 atom stereocenters. The van der Waals surface area contributed by atoms with Crippen LogP contribution in [0.5, 0.6) is 0 Å². The lowest BCUT2D eigenvalue weighted by Crippen LogP contribution is -2.92. The number of ether oxygens (including phenoxy) is 2.